The fourth-order valence-corrected chi connectivity index (χ4v) is 2.37. The number of carbonyl (C=O) groups excluding carboxylic acids is 1. The number of methoxy groups -OCH3 is 1. The molecular weight excluding hydrogens is 330 g/mol. The highest BCUT2D eigenvalue weighted by atomic mass is 16.5. The Balaban J connectivity index is 1.83. The molecule has 2 aromatic carbocycles. The molecule has 2 atom stereocenters. The Morgan fingerprint density at radius 1 is 1.00 bits per heavy atom. The number of ether oxygens (including phenoxy) is 3. The van der Waals surface area contributed by atoms with Crippen LogP contribution in [0.1, 0.15) is 25.8 Å². The van der Waals surface area contributed by atoms with Crippen LogP contribution in [0.2, 0.25) is 0 Å². The molecule has 0 fully saturated rings. The van der Waals surface area contributed by atoms with Crippen LogP contribution in [0.25, 0.3) is 0 Å². The van der Waals surface area contributed by atoms with Gasteiger partial charge in [0, 0.05) is 0 Å². The van der Waals surface area contributed by atoms with E-state index in [9.17, 15) is 4.79 Å². The van der Waals surface area contributed by atoms with Crippen molar-refractivity contribution in [2.75, 3.05) is 13.7 Å². The zero-order valence-corrected chi connectivity index (χ0v) is 15.8. The molecule has 0 aliphatic rings. The fourth-order valence-electron chi connectivity index (χ4n) is 2.37. The summed E-state index contributed by atoms with van der Waals surface area (Å²) in [5.74, 6) is 2.02. The lowest BCUT2D eigenvalue weighted by atomic mass is 10.2. The van der Waals surface area contributed by atoms with Crippen LogP contribution in [0.4, 0.5) is 0 Å². The molecule has 2 aromatic rings. The zero-order valence-electron chi connectivity index (χ0n) is 15.8. The smallest absolute Gasteiger partial charge is 0.261 e. The van der Waals surface area contributed by atoms with Gasteiger partial charge in [0.05, 0.1) is 13.2 Å². The lowest BCUT2D eigenvalue weighted by Crippen LogP contribution is -2.44. The number of hydrogen-bond acceptors (Lipinski definition) is 4. The molecule has 0 spiro atoms. The summed E-state index contributed by atoms with van der Waals surface area (Å²) >= 11 is 0. The molecule has 0 unspecified atom stereocenters. The van der Waals surface area contributed by atoms with Crippen molar-refractivity contribution in [1.82, 2.24) is 5.32 Å². The molecule has 0 saturated heterocycles. The average Bonchev–Trinajstić information content (AvgIpc) is 2.66. The molecule has 140 valence electrons. The maximum absolute atomic E-state index is 12.5. The third kappa shape index (κ3) is 5.99. The zero-order chi connectivity index (χ0) is 18.9. The van der Waals surface area contributed by atoms with Crippen molar-refractivity contribution >= 4 is 5.91 Å². The Morgan fingerprint density at radius 2 is 1.58 bits per heavy atom. The second-order valence-corrected chi connectivity index (χ2v) is 6.22. The van der Waals surface area contributed by atoms with Crippen LogP contribution in [0.15, 0.2) is 48.5 Å². The number of nitrogens with one attached hydrogen (secondary N) is 1. The lowest BCUT2D eigenvalue weighted by Gasteiger charge is -2.21. The summed E-state index contributed by atoms with van der Waals surface area (Å²) in [4.78, 5) is 12.5. The minimum atomic E-state index is -0.551. The van der Waals surface area contributed by atoms with Gasteiger partial charge in [0.15, 0.2) is 6.10 Å². The van der Waals surface area contributed by atoms with Gasteiger partial charge in [-0.15, -0.1) is 0 Å². The topological polar surface area (TPSA) is 56.8 Å². The number of amides is 1. The molecule has 2 rings (SSSR count). The summed E-state index contributed by atoms with van der Waals surface area (Å²) in [5.41, 5.74) is 1.18. The van der Waals surface area contributed by atoms with Gasteiger partial charge in [-0.2, -0.15) is 0 Å². The average molecular weight is 357 g/mol. The molecule has 0 aliphatic carbocycles. The van der Waals surface area contributed by atoms with Crippen molar-refractivity contribution in [3.63, 3.8) is 0 Å². The van der Waals surface area contributed by atoms with E-state index in [-0.39, 0.29) is 11.9 Å². The van der Waals surface area contributed by atoms with E-state index in [2.05, 4.69) is 5.32 Å². The minimum absolute atomic E-state index is 0.127. The summed E-state index contributed by atoms with van der Waals surface area (Å²) in [5, 5.41) is 2.94. The first-order valence-electron chi connectivity index (χ1n) is 8.82. The molecule has 1 amide bonds. The molecule has 0 bridgehead atoms. The van der Waals surface area contributed by atoms with Gasteiger partial charge in [-0.05, 0) is 56.7 Å². The quantitative estimate of drug-likeness (QED) is 0.743. The van der Waals surface area contributed by atoms with Gasteiger partial charge < -0.3 is 19.5 Å². The van der Waals surface area contributed by atoms with E-state index in [0.29, 0.717) is 18.8 Å². The van der Waals surface area contributed by atoms with Gasteiger partial charge in [0.25, 0.3) is 5.91 Å². The molecule has 26 heavy (non-hydrogen) atoms. The van der Waals surface area contributed by atoms with E-state index < -0.39 is 6.10 Å². The first kappa shape index (κ1) is 19.6. The molecule has 0 aromatic heterocycles. The Kier molecular flexibility index (Phi) is 7.33. The van der Waals surface area contributed by atoms with Gasteiger partial charge >= 0.3 is 0 Å². The Morgan fingerprint density at radius 3 is 2.15 bits per heavy atom. The standard InChI is InChI=1S/C21H27NO4/c1-5-20(26-19-12-10-17(24-4)11-13-19)21(23)22-16(3)14-25-18-8-6-15(2)7-9-18/h6-13,16,20H,5,14H2,1-4H3,(H,22,23)/t16-,20-/m1/s1. The van der Waals surface area contributed by atoms with Gasteiger partial charge in [0.1, 0.15) is 23.9 Å². The predicted octanol–water partition coefficient (Wildman–Crippen LogP) is 3.74. The first-order valence-corrected chi connectivity index (χ1v) is 8.82. The number of carbonyl (C=O) groups is 1. The van der Waals surface area contributed by atoms with Crippen LogP contribution in [0, 0.1) is 6.92 Å². The maximum Gasteiger partial charge on any atom is 0.261 e. The molecular formula is C21H27NO4. The second-order valence-electron chi connectivity index (χ2n) is 6.22. The van der Waals surface area contributed by atoms with Crippen LogP contribution in [-0.4, -0.2) is 31.8 Å². The third-order valence-corrected chi connectivity index (χ3v) is 3.91. The minimum Gasteiger partial charge on any atom is -0.497 e. The van der Waals surface area contributed by atoms with Crippen LogP contribution in [-0.2, 0) is 4.79 Å². The Hall–Kier alpha value is -2.69. The van der Waals surface area contributed by atoms with E-state index >= 15 is 0 Å². The number of benzene rings is 2. The third-order valence-electron chi connectivity index (χ3n) is 3.91. The highest BCUT2D eigenvalue weighted by molar-refractivity contribution is 5.81. The number of aryl methyl sites for hydroxylation is 1. The fraction of sp³-hybridized carbons (Fsp3) is 0.381. The van der Waals surface area contributed by atoms with Crippen LogP contribution in [0.5, 0.6) is 17.2 Å². The number of rotatable bonds is 9. The largest absolute Gasteiger partial charge is 0.497 e. The number of hydrogen-bond donors (Lipinski definition) is 1. The van der Waals surface area contributed by atoms with E-state index in [1.165, 1.54) is 5.56 Å². The van der Waals surface area contributed by atoms with E-state index in [1.54, 1.807) is 31.4 Å². The first-order chi connectivity index (χ1) is 12.5. The van der Waals surface area contributed by atoms with Crippen molar-refractivity contribution < 1.29 is 19.0 Å². The van der Waals surface area contributed by atoms with E-state index in [4.69, 9.17) is 14.2 Å². The van der Waals surface area contributed by atoms with E-state index in [0.717, 1.165) is 11.5 Å². The van der Waals surface area contributed by atoms with Crippen molar-refractivity contribution in [1.29, 1.82) is 0 Å². The summed E-state index contributed by atoms with van der Waals surface area (Å²) in [6, 6.07) is 14.9. The molecule has 0 heterocycles. The normalized spacial score (nSPS) is 12.8. The molecule has 5 nitrogen and oxygen atoms in total. The molecule has 1 N–H and O–H groups in total. The monoisotopic (exact) mass is 357 g/mol. The van der Waals surface area contributed by atoms with Gasteiger partial charge in [-0.3, -0.25) is 4.79 Å². The van der Waals surface area contributed by atoms with Gasteiger partial charge in [-0.1, -0.05) is 24.6 Å². The van der Waals surface area contributed by atoms with Crippen molar-refractivity contribution in [3.8, 4) is 17.2 Å². The summed E-state index contributed by atoms with van der Waals surface area (Å²) < 4.78 is 16.6. The lowest BCUT2D eigenvalue weighted by molar-refractivity contribution is -0.128. The molecule has 5 heteroatoms. The highest BCUT2D eigenvalue weighted by Gasteiger charge is 2.20. The Bertz CT molecular complexity index is 682. The Labute approximate surface area is 155 Å². The van der Waals surface area contributed by atoms with E-state index in [1.807, 2.05) is 45.0 Å². The highest BCUT2D eigenvalue weighted by Crippen LogP contribution is 2.19. The summed E-state index contributed by atoms with van der Waals surface area (Å²) in [6.07, 6.45) is 0.0221. The molecule has 0 aliphatic heterocycles. The van der Waals surface area contributed by atoms with Gasteiger partial charge in [-0.25, -0.2) is 0 Å². The van der Waals surface area contributed by atoms with Crippen molar-refractivity contribution in [2.24, 2.45) is 0 Å². The molecule has 0 radical (unpaired) electrons. The van der Waals surface area contributed by atoms with Gasteiger partial charge in [0.2, 0.25) is 0 Å². The predicted molar refractivity (Wildman–Crippen MR) is 102 cm³/mol. The second kappa shape index (κ2) is 9.70. The van der Waals surface area contributed by atoms with Crippen molar-refractivity contribution in [3.05, 3.63) is 54.1 Å². The van der Waals surface area contributed by atoms with Crippen LogP contribution >= 0.6 is 0 Å². The SMILES string of the molecule is CC[C@@H](Oc1ccc(OC)cc1)C(=O)N[C@H](C)COc1ccc(C)cc1. The molecule has 0 saturated carbocycles. The van der Waals surface area contributed by atoms with Crippen LogP contribution < -0.4 is 19.5 Å². The van der Waals surface area contributed by atoms with Crippen LogP contribution in [0.3, 0.4) is 0 Å². The van der Waals surface area contributed by atoms with Crippen molar-refractivity contribution in [2.45, 2.75) is 39.3 Å². The summed E-state index contributed by atoms with van der Waals surface area (Å²) in [6.45, 7) is 6.25. The summed E-state index contributed by atoms with van der Waals surface area (Å²) in [7, 11) is 1.61. The maximum atomic E-state index is 12.5.